The van der Waals surface area contributed by atoms with Crippen LogP contribution in [0.25, 0.3) is 0 Å². The summed E-state index contributed by atoms with van der Waals surface area (Å²) in [5, 5.41) is 0. The van der Waals surface area contributed by atoms with Crippen LogP contribution in [0.5, 0.6) is 0 Å². The van der Waals surface area contributed by atoms with Crippen molar-refractivity contribution in [3.63, 3.8) is 0 Å². The van der Waals surface area contributed by atoms with Gasteiger partial charge in [-0.2, -0.15) is 0 Å². The minimum Gasteiger partial charge on any atom is -0.0654 e. The van der Waals surface area contributed by atoms with Gasteiger partial charge in [-0.1, -0.05) is 47.5 Å². The monoisotopic (exact) mass is 222 g/mol. The molecule has 0 N–H and O–H groups in total. The minimum absolute atomic E-state index is 0.674. The van der Waals surface area contributed by atoms with E-state index in [4.69, 9.17) is 0 Å². The second-order valence-corrected chi connectivity index (χ2v) is 7.06. The molecule has 5 atom stereocenters. The SMILES string of the molecule is CCCCC1(CC)C2CC(C)(CC2C)C1C. The molecule has 2 bridgehead atoms. The van der Waals surface area contributed by atoms with Crippen LogP contribution in [0.2, 0.25) is 0 Å². The normalized spacial score (nSPS) is 51.2. The van der Waals surface area contributed by atoms with Gasteiger partial charge >= 0.3 is 0 Å². The quantitative estimate of drug-likeness (QED) is 0.607. The molecule has 2 rings (SSSR count). The third-order valence-corrected chi connectivity index (χ3v) is 6.46. The van der Waals surface area contributed by atoms with Crippen LogP contribution in [-0.4, -0.2) is 0 Å². The largest absolute Gasteiger partial charge is 0.0654 e. The van der Waals surface area contributed by atoms with E-state index in [1.165, 1.54) is 38.5 Å². The number of hydrogen-bond donors (Lipinski definition) is 0. The van der Waals surface area contributed by atoms with E-state index >= 15 is 0 Å². The fourth-order valence-electron chi connectivity index (χ4n) is 5.46. The van der Waals surface area contributed by atoms with Crippen molar-refractivity contribution >= 4 is 0 Å². The molecule has 0 aromatic carbocycles. The maximum Gasteiger partial charge on any atom is -0.0238 e. The van der Waals surface area contributed by atoms with Gasteiger partial charge in [0.15, 0.2) is 0 Å². The topological polar surface area (TPSA) is 0 Å². The highest BCUT2D eigenvalue weighted by Crippen LogP contribution is 2.70. The second kappa shape index (κ2) is 4.03. The van der Waals surface area contributed by atoms with E-state index in [1.807, 2.05) is 0 Å². The van der Waals surface area contributed by atoms with Crippen LogP contribution in [-0.2, 0) is 0 Å². The maximum absolute atomic E-state index is 2.57. The minimum atomic E-state index is 0.674. The zero-order valence-electron chi connectivity index (χ0n) is 12.0. The average molecular weight is 222 g/mol. The number of rotatable bonds is 4. The standard InChI is InChI=1S/C16H30/c1-6-8-9-16(7-2)13(4)15(5)10-12(3)14(16)11-15/h12-14H,6-11H2,1-5H3. The molecule has 0 amide bonds. The zero-order valence-corrected chi connectivity index (χ0v) is 12.0. The molecule has 0 spiro atoms. The first kappa shape index (κ1) is 12.5. The molecule has 0 nitrogen and oxygen atoms in total. The second-order valence-electron chi connectivity index (χ2n) is 7.06. The molecule has 94 valence electrons. The predicted octanol–water partition coefficient (Wildman–Crippen LogP) is 5.28. The summed E-state index contributed by atoms with van der Waals surface area (Å²) in [5.74, 6) is 2.97. The van der Waals surface area contributed by atoms with Crippen LogP contribution < -0.4 is 0 Å². The van der Waals surface area contributed by atoms with Crippen molar-refractivity contribution in [2.45, 2.75) is 73.1 Å². The number of hydrogen-bond acceptors (Lipinski definition) is 0. The van der Waals surface area contributed by atoms with E-state index < -0.39 is 0 Å². The summed E-state index contributed by atoms with van der Waals surface area (Å²) in [7, 11) is 0. The summed E-state index contributed by atoms with van der Waals surface area (Å²) in [5.41, 5.74) is 1.37. The van der Waals surface area contributed by atoms with Crippen molar-refractivity contribution in [3.05, 3.63) is 0 Å². The van der Waals surface area contributed by atoms with Crippen molar-refractivity contribution < 1.29 is 0 Å². The summed E-state index contributed by atoms with van der Waals surface area (Å²) in [6.07, 6.45) is 8.73. The molecule has 0 aromatic heterocycles. The smallest absolute Gasteiger partial charge is 0.0238 e. The maximum atomic E-state index is 2.57. The molecule has 2 fully saturated rings. The summed E-state index contributed by atoms with van der Waals surface area (Å²) >= 11 is 0. The van der Waals surface area contributed by atoms with E-state index in [2.05, 4.69) is 34.6 Å². The van der Waals surface area contributed by atoms with Gasteiger partial charge in [-0.05, 0) is 54.3 Å². The number of unbranched alkanes of at least 4 members (excludes halogenated alkanes) is 1. The van der Waals surface area contributed by atoms with Crippen LogP contribution >= 0.6 is 0 Å². The molecule has 5 unspecified atom stereocenters. The van der Waals surface area contributed by atoms with E-state index in [9.17, 15) is 0 Å². The Morgan fingerprint density at radius 1 is 1.12 bits per heavy atom. The Labute approximate surface area is 102 Å². The van der Waals surface area contributed by atoms with Gasteiger partial charge < -0.3 is 0 Å². The Morgan fingerprint density at radius 3 is 2.31 bits per heavy atom. The molecule has 0 saturated heterocycles. The lowest BCUT2D eigenvalue weighted by Gasteiger charge is -2.48. The van der Waals surface area contributed by atoms with Crippen LogP contribution in [0.3, 0.4) is 0 Å². The van der Waals surface area contributed by atoms with Crippen molar-refractivity contribution in [1.82, 2.24) is 0 Å². The molecule has 0 heteroatoms. The van der Waals surface area contributed by atoms with Gasteiger partial charge in [-0.15, -0.1) is 0 Å². The highest BCUT2D eigenvalue weighted by atomic mass is 14.7. The molecule has 2 aliphatic carbocycles. The molecule has 16 heavy (non-hydrogen) atoms. The highest BCUT2D eigenvalue weighted by Gasteiger charge is 2.62. The number of fused-ring (bicyclic) bond motifs is 2. The van der Waals surface area contributed by atoms with Crippen LogP contribution in [0.4, 0.5) is 0 Å². The third kappa shape index (κ3) is 1.48. The molecular formula is C16H30. The lowest BCUT2D eigenvalue weighted by Crippen LogP contribution is -2.40. The molecule has 0 radical (unpaired) electrons. The molecule has 0 aliphatic heterocycles. The molecule has 0 heterocycles. The Hall–Kier alpha value is 0. The molecule has 2 aliphatic rings. The summed E-state index contributed by atoms with van der Waals surface area (Å²) in [4.78, 5) is 0. The van der Waals surface area contributed by atoms with Gasteiger partial charge in [-0.25, -0.2) is 0 Å². The highest BCUT2D eigenvalue weighted by molar-refractivity contribution is 5.11. The van der Waals surface area contributed by atoms with Gasteiger partial charge in [0.1, 0.15) is 0 Å². The zero-order chi connectivity index (χ0) is 12.0. The Kier molecular flexibility index (Phi) is 3.14. The predicted molar refractivity (Wildman–Crippen MR) is 71.4 cm³/mol. The average Bonchev–Trinajstić information content (AvgIpc) is 2.67. The lowest BCUT2D eigenvalue weighted by atomic mass is 9.57. The third-order valence-electron chi connectivity index (χ3n) is 6.46. The van der Waals surface area contributed by atoms with Crippen molar-refractivity contribution in [2.24, 2.45) is 28.6 Å². The van der Waals surface area contributed by atoms with E-state index in [0.29, 0.717) is 10.8 Å². The van der Waals surface area contributed by atoms with Gasteiger partial charge in [0, 0.05) is 0 Å². The van der Waals surface area contributed by atoms with Gasteiger partial charge in [-0.3, -0.25) is 0 Å². The first-order valence-corrected chi connectivity index (χ1v) is 7.50. The Balaban J connectivity index is 2.25. The molecule has 0 aromatic rings. The summed E-state index contributed by atoms with van der Waals surface area (Å²) in [6.45, 7) is 12.4. The molecule has 2 saturated carbocycles. The van der Waals surface area contributed by atoms with Gasteiger partial charge in [0.05, 0.1) is 0 Å². The van der Waals surface area contributed by atoms with Crippen LogP contribution in [0.1, 0.15) is 73.1 Å². The van der Waals surface area contributed by atoms with E-state index in [-0.39, 0.29) is 0 Å². The van der Waals surface area contributed by atoms with Crippen molar-refractivity contribution in [3.8, 4) is 0 Å². The summed E-state index contributed by atoms with van der Waals surface area (Å²) in [6, 6.07) is 0. The lowest BCUT2D eigenvalue weighted by molar-refractivity contribution is 0.00994. The first-order valence-electron chi connectivity index (χ1n) is 7.50. The first-order chi connectivity index (χ1) is 7.50. The van der Waals surface area contributed by atoms with Crippen LogP contribution in [0, 0.1) is 28.6 Å². The fraction of sp³-hybridized carbons (Fsp3) is 1.00. The fourth-order valence-corrected chi connectivity index (χ4v) is 5.46. The molecular weight excluding hydrogens is 192 g/mol. The van der Waals surface area contributed by atoms with Gasteiger partial charge in [0.25, 0.3) is 0 Å². The van der Waals surface area contributed by atoms with Gasteiger partial charge in [0.2, 0.25) is 0 Å². The van der Waals surface area contributed by atoms with E-state index in [1.54, 1.807) is 0 Å². The Bertz CT molecular complexity index is 257. The van der Waals surface area contributed by atoms with Crippen molar-refractivity contribution in [2.75, 3.05) is 0 Å². The van der Waals surface area contributed by atoms with E-state index in [0.717, 1.165) is 17.8 Å². The van der Waals surface area contributed by atoms with Crippen molar-refractivity contribution in [1.29, 1.82) is 0 Å². The summed E-state index contributed by atoms with van der Waals surface area (Å²) < 4.78 is 0. The Morgan fingerprint density at radius 2 is 1.81 bits per heavy atom. The van der Waals surface area contributed by atoms with Crippen LogP contribution in [0.15, 0.2) is 0 Å².